The minimum Gasteiger partial charge on any atom is -0.497 e. The molecule has 0 spiro atoms. The van der Waals surface area contributed by atoms with E-state index in [1.165, 1.54) is 0 Å². The number of amides is 2. The smallest absolute Gasteiger partial charge is 0.272 e. The molecule has 0 bridgehead atoms. The summed E-state index contributed by atoms with van der Waals surface area (Å²) in [4.78, 5) is 25.5. The van der Waals surface area contributed by atoms with Crippen molar-refractivity contribution in [2.75, 3.05) is 12.4 Å². The molecule has 0 saturated heterocycles. The van der Waals surface area contributed by atoms with Gasteiger partial charge in [0.1, 0.15) is 11.4 Å². The number of carbonyl (C=O) groups excluding carboxylic acids is 2. The van der Waals surface area contributed by atoms with Crippen LogP contribution in [0.4, 0.5) is 5.69 Å². The molecule has 6 heteroatoms. The van der Waals surface area contributed by atoms with E-state index in [4.69, 9.17) is 4.74 Å². The molecule has 3 rings (SSSR count). The number of ether oxygens (including phenoxy) is 1. The molecule has 0 fully saturated rings. The summed E-state index contributed by atoms with van der Waals surface area (Å²) < 4.78 is 5.99. The van der Waals surface area contributed by atoms with Crippen molar-refractivity contribution in [2.45, 2.75) is 0 Å². The Kier molecular flexibility index (Phi) is 6.81. The van der Waals surface area contributed by atoms with Crippen LogP contribution in [0.2, 0.25) is 0 Å². The van der Waals surface area contributed by atoms with E-state index < -0.39 is 5.91 Å². The van der Waals surface area contributed by atoms with Gasteiger partial charge < -0.3 is 15.4 Å². The van der Waals surface area contributed by atoms with Crippen LogP contribution in [0, 0.1) is 0 Å². The van der Waals surface area contributed by atoms with Gasteiger partial charge in [-0.05, 0) is 60.2 Å². The summed E-state index contributed by atoms with van der Waals surface area (Å²) in [5.74, 6) is -0.111. The second-order valence-electron chi connectivity index (χ2n) is 6.11. The Morgan fingerprint density at radius 2 is 1.55 bits per heavy atom. The van der Waals surface area contributed by atoms with E-state index in [1.807, 2.05) is 30.3 Å². The Morgan fingerprint density at radius 1 is 0.897 bits per heavy atom. The van der Waals surface area contributed by atoms with Gasteiger partial charge in [-0.25, -0.2) is 0 Å². The van der Waals surface area contributed by atoms with Gasteiger partial charge in [-0.1, -0.05) is 46.3 Å². The fourth-order valence-electron chi connectivity index (χ4n) is 2.54. The summed E-state index contributed by atoms with van der Waals surface area (Å²) in [6.45, 7) is 0. The predicted molar refractivity (Wildman–Crippen MR) is 118 cm³/mol. The largest absolute Gasteiger partial charge is 0.497 e. The summed E-state index contributed by atoms with van der Waals surface area (Å²) >= 11 is 3.34. The van der Waals surface area contributed by atoms with Crippen molar-refractivity contribution in [1.29, 1.82) is 0 Å². The van der Waals surface area contributed by atoms with Crippen molar-refractivity contribution < 1.29 is 14.3 Å². The van der Waals surface area contributed by atoms with Crippen LogP contribution in [0.15, 0.2) is 89.0 Å². The van der Waals surface area contributed by atoms with Gasteiger partial charge in [0.15, 0.2) is 0 Å². The van der Waals surface area contributed by atoms with Gasteiger partial charge in [-0.15, -0.1) is 0 Å². The zero-order chi connectivity index (χ0) is 20.6. The maximum absolute atomic E-state index is 12.9. The van der Waals surface area contributed by atoms with Crippen LogP contribution < -0.4 is 15.4 Å². The average molecular weight is 451 g/mol. The lowest BCUT2D eigenvalue weighted by Gasteiger charge is -2.12. The van der Waals surface area contributed by atoms with Crippen LogP contribution in [-0.2, 0) is 4.79 Å². The first-order valence-electron chi connectivity index (χ1n) is 8.84. The highest BCUT2D eigenvalue weighted by Gasteiger charge is 2.15. The molecule has 0 aliphatic carbocycles. The summed E-state index contributed by atoms with van der Waals surface area (Å²) in [5, 5.41) is 5.51. The van der Waals surface area contributed by atoms with Crippen LogP contribution in [0.1, 0.15) is 15.9 Å². The maximum Gasteiger partial charge on any atom is 0.272 e. The van der Waals surface area contributed by atoms with E-state index in [0.29, 0.717) is 17.0 Å². The van der Waals surface area contributed by atoms with Gasteiger partial charge in [-0.2, -0.15) is 0 Å². The van der Waals surface area contributed by atoms with Gasteiger partial charge >= 0.3 is 0 Å². The Morgan fingerprint density at radius 3 is 2.17 bits per heavy atom. The molecule has 2 N–H and O–H groups in total. The minimum atomic E-state index is -0.426. The number of hydrogen-bond acceptors (Lipinski definition) is 3. The molecule has 0 radical (unpaired) electrons. The van der Waals surface area contributed by atoms with E-state index in [0.717, 1.165) is 10.0 Å². The van der Waals surface area contributed by atoms with Crippen LogP contribution in [0.3, 0.4) is 0 Å². The standard InChI is InChI=1S/C23H19BrN2O3/c1-29-20-13-11-19(12-14-20)25-23(28)21(15-16-5-3-2-4-6-16)26-22(27)17-7-9-18(24)10-8-17/h2-15H,1H3,(H,25,28)(H,26,27). The van der Waals surface area contributed by atoms with Crippen molar-refractivity contribution in [1.82, 2.24) is 5.32 Å². The highest BCUT2D eigenvalue weighted by Crippen LogP contribution is 2.16. The normalized spacial score (nSPS) is 10.9. The number of nitrogens with one attached hydrogen (secondary N) is 2. The molecule has 146 valence electrons. The molecule has 2 amide bonds. The summed E-state index contributed by atoms with van der Waals surface area (Å²) in [6.07, 6.45) is 1.63. The van der Waals surface area contributed by atoms with Gasteiger partial charge in [0.25, 0.3) is 11.8 Å². The summed E-state index contributed by atoms with van der Waals surface area (Å²) in [7, 11) is 1.58. The Bertz CT molecular complexity index is 1010. The second kappa shape index (κ2) is 9.71. The van der Waals surface area contributed by atoms with Gasteiger partial charge in [0.2, 0.25) is 0 Å². The highest BCUT2D eigenvalue weighted by molar-refractivity contribution is 9.10. The fraction of sp³-hybridized carbons (Fsp3) is 0.0435. The average Bonchev–Trinajstić information content (AvgIpc) is 2.75. The van der Waals surface area contributed by atoms with Gasteiger partial charge in [0.05, 0.1) is 7.11 Å². The van der Waals surface area contributed by atoms with Crippen molar-refractivity contribution >= 4 is 39.5 Å². The molecule has 5 nitrogen and oxygen atoms in total. The number of halogens is 1. The van der Waals surface area contributed by atoms with Crippen molar-refractivity contribution in [3.63, 3.8) is 0 Å². The third-order valence-electron chi connectivity index (χ3n) is 4.06. The van der Waals surface area contributed by atoms with Crippen LogP contribution in [0.25, 0.3) is 6.08 Å². The van der Waals surface area contributed by atoms with Gasteiger partial charge in [-0.3, -0.25) is 9.59 Å². The summed E-state index contributed by atoms with van der Waals surface area (Å²) in [5.41, 5.74) is 1.97. The van der Waals surface area contributed by atoms with E-state index in [9.17, 15) is 9.59 Å². The van der Waals surface area contributed by atoms with E-state index in [2.05, 4.69) is 26.6 Å². The molecule has 0 unspecified atom stereocenters. The first-order chi connectivity index (χ1) is 14.0. The number of rotatable bonds is 6. The van der Waals surface area contributed by atoms with Crippen molar-refractivity contribution in [3.05, 3.63) is 100 Å². The lowest BCUT2D eigenvalue weighted by molar-refractivity contribution is -0.113. The predicted octanol–water partition coefficient (Wildman–Crippen LogP) is 4.87. The van der Waals surface area contributed by atoms with Gasteiger partial charge in [0, 0.05) is 15.7 Å². The number of anilines is 1. The molecule has 29 heavy (non-hydrogen) atoms. The molecule has 3 aromatic carbocycles. The number of carbonyl (C=O) groups is 2. The second-order valence-corrected chi connectivity index (χ2v) is 7.03. The molecule has 0 aliphatic heterocycles. The van der Waals surface area contributed by atoms with Crippen LogP contribution in [-0.4, -0.2) is 18.9 Å². The van der Waals surface area contributed by atoms with E-state index >= 15 is 0 Å². The molecule has 0 heterocycles. The third kappa shape index (κ3) is 5.80. The number of methoxy groups -OCH3 is 1. The molecule has 0 saturated carbocycles. The van der Waals surface area contributed by atoms with Crippen molar-refractivity contribution in [3.8, 4) is 5.75 Å². The minimum absolute atomic E-state index is 0.139. The number of benzene rings is 3. The first kappa shape index (κ1) is 20.4. The monoisotopic (exact) mass is 450 g/mol. The first-order valence-corrected chi connectivity index (χ1v) is 9.63. The van der Waals surface area contributed by atoms with Crippen LogP contribution >= 0.6 is 15.9 Å². The van der Waals surface area contributed by atoms with Crippen LogP contribution in [0.5, 0.6) is 5.75 Å². The molecule has 0 atom stereocenters. The quantitative estimate of drug-likeness (QED) is 0.526. The Balaban J connectivity index is 1.83. The Hall–Kier alpha value is -3.38. The third-order valence-corrected chi connectivity index (χ3v) is 4.59. The molecule has 3 aromatic rings. The fourth-order valence-corrected chi connectivity index (χ4v) is 2.81. The lowest BCUT2D eigenvalue weighted by atomic mass is 10.1. The maximum atomic E-state index is 12.9. The topological polar surface area (TPSA) is 67.4 Å². The summed E-state index contributed by atoms with van der Waals surface area (Å²) in [6, 6.07) is 23.2. The molecular formula is C23H19BrN2O3. The number of hydrogen-bond donors (Lipinski definition) is 2. The SMILES string of the molecule is COc1ccc(NC(=O)C(=Cc2ccccc2)NC(=O)c2ccc(Br)cc2)cc1. The zero-order valence-corrected chi connectivity index (χ0v) is 17.3. The van der Waals surface area contributed by atoms with E-state index in [-0.39, 0.29) is 11.6 Å². The highest BCUT2D eigenvalue weighted by atomic mass is 79.9. The molecular weight excluding hydrogens is 432 g/mol. The zero-order valence-electron chi connectivity index (χ0n) is 15.7. The van der Waals surface area contributed by atoms with E-state index in [1.54, 1.807) is 61.7 Å². The molecule has 0 aromatic heterocycles. The molecule has 0 aliphatic rings. The van der Waals surface area contributed by atoms with Crippen molar-refractivity contribution in [2.24, 2.45) is 0 Å². The Labute approximate surface area is 177 Å². The lowest BCUT2D eigenvalue weighted by Crippen LogP contribution is -2.30.